The number of ketones is 1. The van der Waals surface area contributed by atoms with Crippen molar-refractivity contribution in [2.75, 3.05) is 0 Å². The molecule has 4 rings (SSSR count). The number of carbonyl (C=O) groups is 2. The van der Waals surface area contributed by atoms with Gasteiger partial charge in [-0.15, -0.1) is 0 Å². The van der Waals surface area contributed by atoms with Crippen LogP contribution in [-0.2, 0) is 9.59 Å². The smallest absolute Gasteiger partial charge is 0.303 e. The first-order valence-electron chi connectivity index (χ1n) is 11.0. The maximum atomic E-state index is 11.9. The lowest BCUT2D eigenvalue weighted by Gasteiger charge is -2.59. The van der Waals surface area contributed by atoms with Gasteiger partial charge in [0.05, 0.1) is 6.10 Å². The van der Waals surface area contributed by atoms with Crippen LogP contribution in [0.3, 0.4) is 0 Å². The topological polar surface area (TPSA) is 74.6 Å². The maximum absolute atomic E-state index is 11.9. The fourth-order valence-corrected chi connectivity index (χ4v) is 7.70. The van der Waals surface area contributed by atoms with Crippen molar-refractivity contribution in [2.24, 2.45) is 40.4 Å². The van der Waals surface area contributed by atoms with E-state index in [1.807, 2.05) is 0 Å². The molecule has 0 unspecified atom stereocenters. The van der Waals surface area contributed by atoms with E-state index >= 15 is 0 Å². The number of rotatable bonds is 4. The molecule has 3 saturated carbocycles. The summed E-state index contributed by atoms with van der Waals surface area (Å²) in [5, 5.41) is 20.2. The molecule has 4 aliphatic carbocycles. The van der Waals surface area contributed by atoms with Gasteiger partial charge < -0.3 is 10.2 Å². The number of carbonyl (C=O) groups excluding carboxylic acids is 1. The van der Waals surface area contributed by atoms with Gasteiger partial charge in [0.2, 0.25) is 0 Å². The summed E-state index contributed by atoms with van der Waals surface area (Å²) in [6, 6.07) is 0. The lowest BCUT2D eigenvalue weighted by atomic mass is 9.46. The first kappa shape index (κ1) is 19.9. The van der Waals surface area contributed by atoms with Crippen molar-refractivity contribution in [3.63, 3.8) is 0 Å². The van der Waals surface area contributed by atoms with Gasteiger partial charge in [0.15, 0.2) is 5.78 Å². The average molecular weight is 387 g/mol. The number of carboxylic acids is 1. The van der Waals surface area contributed by atoms with Gasteiger partial charge in [0.25, 0.3) is 0 Å². The Morgan fingerprint density at radius 1 is 1.25 bits per heavy atom. The third kappa shape index (κ3) is 2.91. The number of aliphatic hydroxyl groups is 1. The van der Waals surface area contributed by atoms with E-state index < -0.39 is 5.97 Å². The predicted octanol–water partition coefficient (Wildman–Crippen LogP) is 4.38. The van der Waals surface area contributed by atoms with Crippen LogP contribution in [0.2, 0.25) is 0 Å². The van der Waals surface area contributed by atoms with Gasteiger partial charge in [0.1, 0.15) is 0 Å². The molecule has 0 heterocycles. The van der Waals surface area contributed by atoms with Gasteiger partial charge in [-0.25, -0.2) is 0 Å². The van der Waals surface area contributed by atoms with Crippen molar-refractivity contribution in [1.82, 2.24) is 0 Å². The van der Waals surface area contributed by atoms with E-state index in [0.29, 0.717) is 30.1 Å². The predicted molar refractivity (Wildman–Crippen MR) is 108 cm³/mol. The van der Waals surface area contributed by atoms with Gasteiger partial charge in [-0.2, -0.15) is 0 Å². The molecule has 4 heteroatoms. The molecule has 4 nitrogen and oxygen atoms in total. The Bertz CT molecular complexity index is 737. The summed E-state index contributed by atoms with van der Waals surface area (Å²) >= 11 is 0. The standard InChI is InChI=1S/C24H34O4/c1-14(4-7-21(27)28)17-5-6-18-22-19(9-11-24(17,18)3)23(2)10-8-16(25)12-15(23)13-20(22)26/h8,10,12,14,17-20,22,26H,4-7,9,11,13H2,1-3H3,(H,27,28)/t14-,17-,18+,19+,20+,22+,23+,24-/m1/s1. The number of aliphatic hydroxyl groups excluding tert-OH is 1. The molecular formula is C24H34O4. The molecule has 154 valence electrons. The van der Waals surface area contributed by atoms with Gasteiger partial charge in [0, 0.05) is 11.8 Å². The highest BCUT2D eigenvalue weighted by Gasteiger charge is 2.61. The van der Waals surface area contributed by atoms with Gasteiger partial charge in [-0.3, -0.25) is 9.59 Å². The Labute approximate surface area is 168 Å². The summed E-state index contributed by atoms with van der Waals surface area (Å²) in [5.41, 5.74) is 1.19. The van der Waals surface area contributed by atoms with Crippen LogP contribution in [0.5, 0.6) is 0 Å². The summed E-state index contributed by atoms with van der Waals surface area (Å²) in [6.07, 6.45) is 11.3. The van der Waals surface area contributed by atoms with Crippen LogP contribution in [0.1, 0.15) is 65.7 Å². The Hall–Kier alpha value is -1.42. The number of hydrogen-bond acceptors (Lipinski definition) is 3. The lowest BCUT2D eigenvalue weighted by Crippen LogP contribution is -2.55. The van der Waals surface area contributed by atoms with E-state index in [1.165, 1.54) is 0 Å². The fourth-order valence-electron chi connectivity index (χ4n) is 7.70. The zero-order valence-corrected chi connectivity index (χ0v) is 17.4. The number of carboxylic acid groups (broad SMARTS) is 1. The highest BCUT2D eigenvalue weighted by molar-refractivity contribution is 6.01. The van der Waals surface area contributed by atoms with Crippen molar-refractivity contribution >= 4 is 11.8 Å². The summed E-state index contributed by atoms with van der Waals surface area (Å²) in [4.78, 5) is 22.9. The molecule has 8 atom stereocenters. The minimum atomic E-state index is -0.705. The third-order valence-electron chi connectivity index (χ3n) is 9.15. The zero-order chi connectivity index (χ0) is 20.3. The monoisotopic (exact) mass is 386 g/mol. The summed E-state index contributed by atoms with van der Waals surface area (Å²) in [7, 11) is 0. The maximum Gasteiger partial charge on any atom is 0.303 e. The Morgan fingerprint density at radius 3 is 2.71 bits per heavy atom. The minimum Gasteiger partial charge on any atom is -0.481 e. The fraction of sp³-hybridized carbons (Fsp3) is 0.750. The minimum absolute atomic E-state index is 0.0481. The molecule has 2 N–H and O–H groups in total. The zero-order valence-electron chi connectivity index (χ0n) is 17.4. The molecule has 4 aliphatic rings. The van der Waals surface area contributed by atoms with E-state index in [0.717, 1.165) is 37.7 Å². The molecule has 0 radical (unpaired) electrons. The molecule has 0 aliphatic heterocycles. The van der Waals surface area contributed by atoms with Crippen LogP contribution < -0.4 is 0 Å². The molecule has 3 fully saturated rings. The van der Waals surface area contributed by atoms with Gasteiger partial charge in [-0.1, -0.05) is 32.4 Å². The molecule has 0 amide bonds. The van der Waals surface area contributed by atoms with Crippen molar-refractivity contribution in [1.29, 1.82) is 0 Å². The number of hydrogen-bond donors (Lipinski definition) is 2. The van der Waals surface area contributed by atoms with Crippen LogP contribution in [0.25, 0.3) is 0 Å². The van der Waals surface area contributed by atoms with E-state index in [1.54, 1.807) is 12.2 Å². The first-order valence-corrected chi connectivity index (χ1v) is 11.0. The van der Waals surface area contributed by atoms with Crippen molar-refractivity contribution in [3.05, 3.63) is 23.8 Å². The number of allylic oxidation sites excluding steroid dienone is 3. The SMILES string of the molecule is C[C@H](CCC(=O)O)[C@H]1CC[C@H]2[C@@H]3[C@@H](O)CC4=CC(=O)C=C[C@]4(C)[C@H]3CC[C@]12C. The van der Waals surface area contributed by atoms with Crippen LogP contribution in [0.4, 0.5) is 0 Å². The molecule has 0 spiro atoms. The summed E-state index contributed by atoms with van der Waals surface area (Å²) in [6.45, 7) is 6.89. The average Bonchev–Trinajstić information content (AvgIpc) is 2.98. The van der Waals surface area contributed by atoms with Crippen LogP contribution in [-0.4, -0.2) is 28.1 Å². The highest BCUT2D eigenvalue weighted by Crippen LogP contribution is 2.67. The third-order valence-corrected chi connectivity index (χ3v) is 9.15. The molecule has 28 heavy (non-hydrogen) atoms. The Morgan fingerprint density at radius 2 is 2.00 bits per heavy atom. The van der Waals surface area contributed by atoms with Gasteiger partial charge >= 0.3 is 5.97 Å². The van der Waals surface area contributed by atoms with Gasteiger partial charge in [-0.05, 0) is 85.7 Å². The van der Waals surface area contributed by atoms with Crippen molar-refractivity contribution in [3.8, 4) is 0 Å². The largest absolute Gasteiger partial charge is 0.481 e. The van der Waals surface area contributed by atoms with Crippen LogP contribution in [0.15, 0.2) is 23.8 Å². The first-order chi connectivity index (χ1) is 13.2. The van der Waals surface area contributed by atoms with Crippen molar-refractivity contribution in [2.45, 2.75) is 71.8 Å². The molecule has 0 bridgehead atoms. The molecule has 0 aromatic carbocycles. The number of aliphatic carboxylic acids is 1. The molecule has 0 aromatic heterocycles. The molecular weight excluding hydrogens is 352 g/mol. The van der Waals surface area contributed by atoms with E-state index in [-0.39, 0.29) is 35.1 Å². The Kier molecular flexibility index (Phi) is 4.85. The quantitative estimate of drug-likeness (QED) is 0.752. The highest BCUT2D eigenvalue weighted by atomic mass is 16.4. The summed E-state index contributed by atoms with van der Waals surface area (Å²) < 4.78 is 0. The Balaban J connectivity index is 1.60. The molecule has 0 aromatic rings. The lowest BCUT2D eigenvalue weighted by molar-refractivity contribution is -0.137. The van der Waals surface area contributed by atoms with Crippen LogP contribution >= 0.6 is 0 Å². The molecule has 0 saturated heterocycles. The summed E-state index contributed by atoms with van der Waals surface area (Å²) in [5.74, 6) is 1.44. The normalized spacial score (nSPS) is 45.6. The van der Waals surface area contributed by atoms with E-state index in [2.05, 4.69) is 26.8 Å². The van der Waals surface area contributed by atoms with E-state index in [9.17, 15) is 14.7 Å². The second-order valence-electron chi connectivity index (χ2n) is 10.4. The second-order valence-corrected chi connectivity index (χ2v) is 10.4. The second kappa shape index (κ2) is 6.83. The number of fused-ring (bicyclic) bond motifs is 5. The van der Waals surface area contributed by atoms with E-state index in [4.69, 9.17) is 5.11 Å². The van der Waals surface area contributed by atoms with Crippen molar-refractivity contribution < 1.29 is 19.8 Å². The van der Waals surface area contributed by atoms with Crippen LogP contribution in [0, 0.1) is 40.4 Å².